The molecule has 4 rings (SSSR count). The molecule has 2 nitrogen and oxygen atoms in total. The van der Waals surface area contributed by atoms with Gasteiger partial charge < -0.3 is 4.74 Å². The lowest BCUT2D eigenvalue weighted by molar-refractivity contribution is -0.158. The lowest BCUT2D eigenvalue weighted by atomic mass is 9.45. The van der Waals surface area contributed by atoms with E-state index in [2.05, 4.69) is 26.8 Å². The van der Waals surface area contributed by atoms with Crippen LogP contribution in [-0.4, -0.2) is 12.1 Å². The van der Waals surface area contributed by atoms with Gasteiger partial charge in [-0.25, -0.2) is 0 Å². The van der Waals surface area contributed by atoms with Crippen LogP contribution < -0.4 is 0 Å². The number of hydrogen-bond acceptors (Lipinski definition) is 2. The molecule has 4 aliphatic carbocycles. The maximum atomic E-state index is 11.4. The topological polar surface area (TPSA) is 26.3 Å². The van der Waals surface area contributed by atoms with Gasteiger partial charge in [-0.3, -0.25) is 4.79 Å². The van der Waals surface area contributed by atoms with E-state index in [0.717, 1.165) is 36.5 Å². The fourth-order valence-corrected chi connectivity index (χ4v) is 7.99. The largest absolute Gasteiger partial charge is 0.463 e. The predicted molar refractivity (Wildman–Crippen MR) is 106 cm³/mol. The standard InChI is InChI=1S/C24H38O2/c1-5-6-17-8-10-21-20-9-7-18-15-19(26-16(2)25)11-13-24(18,4)22(20)12-14-23(17,21)3/h6,18-22H,5,7-15H2,1-4H3/b17-6+/t18-,19-,20+,21+,22+,23-,24+/m1/s1. The number of ether oxygens (including phenoxy) is 1. The number of rotatable bonds is 2. The van der Waals surface area contributed by atoms with Crippen molar-refractivity contribution in [2.24, 2.45) is 34.5 Å². The Balaban J connectivity index is 1.54. The molecule has 2 heteroatoms. The van der Waals surface area contributed by atoms with E-state index >= 15 is 0 Å². The smallest absolute Gasteiger partial charge is 0.302 e. The second kappa shape index (κ2) is 6.67. The van der Waals surface area contributed by atoms with Gasteiger partial charge in [0.25, 0.3) is 0 Å². The Labute approximate surface area is 160 Å². The molecule has 26 heavy (non-hydrogen) atoms. The summed E-state index contributed by atoms with van der Waals surface area (Å²) in [7, 11) is 0. The number of hydrogen-bond donors (Lipinski definition) is 0. The summed E-state index contributed by atoms with van der Waals surface area (Å²) in [6, 6.07) is 0. The van der Waals surface area contributed by atoms with Gasteiger partial charge in [0.1, 0.15) is 6.10 Å². The second-order valence-corrected chi connectivity index (χ2v) is 10.3. The van der Waals surface area contributed by atoms with Gasteiger partial charge in [0.05, 0.1) is 0 Å². The van der Waals surface area contributed by atoms with Crippen LogP contribution in [0.2, 0.25) is 0 Å². The molecule has 0 bridgehead atoms. The molecule has 0 saturated heterocycles. The monoisotopic (exact) mass is 358 g/mol. The van der Waals surface area contributed by atoms with Crippen molar-refractivity contribution in [3.8, 4) is 0 Å². The first kappa shape index (κ1) is 18.6. The fraction of sp³-hybridized carbons (Fsp3) is 0.875. The van der Waals surface area contributed by atoms with E-state index in [1.165, 1.54) is 51.4 Å². The molecule has 0 aromatic heterocycles. The third-order valence-corrected chi connectivity index (χ3v) is 9.25. The maximum absolute atomic E-state index is 11.4. The molecule has 0 spiro atoms. The van der Waals surface area contributed by atoms with Crippen molar-refractivity contribution in [3.05, 3.63) is 11.6 Å². The molecular formula is C24H38O2. The Bertz CT molecular complexity index is 593. The first-order valence-corrected chi connectivity index (χ1v) is 11.2. The molecular weight excluding hydrogens is 320 g/mol. The third-order valence-electron chi connectivity index (χ3n) is 9.25. The highest BCUT2D eigenvalue weighted by molar-refractivity contribution is 5.66. The highest BCUT2D eigenvalue weighted by Crippen LogP contribution is 2.67. The highest BCUT2D eigenvalue weighted by Gasteiger charge is 2.59. The van der Waals surface area contributed by atoms with Crippen molar-refractivity contribution in [2.75, 3.05) is 0 Å². The average molecular weight is 359 g/mol. The second-order valence-electron chi connectivity index (χ2n) is 10.3. The summed E-state index contributed by atoms with van der Waals surface area (Å²) in [6.45, 7) is 9.05. The normalized spacial score (nSPS) is 49.2. The van der Waals surface area contributed by atoms with Crippen LogP contribution in [0.3, 0.4) is 0 Å². The molecule has 7 atom stereocenters. The Morgan fingerprint density at radius 2 is 1.92 bits per heavy atom. The minimum Gasteiger partial charge on any atom is -0.463 e. The summed E-state index contributed by atoms with van der Waals surface area (Å²) < 4.78 is 5.60. The van der Waals surface area contributed by atoms with Crippen LogP contribution in [0.5, 0.6) is 0 Å². The fourth-order valence-electron chi connectivity index (χ4n) is 7.99. The zero-order valence-electron chi connectivity index (χ0n) is 17.4. The van der Waals surface area contributed by atoms with Gasteiger partial charge in [-0.05, 0) is 98.7 Å². The first-order valence-electron chi connectivity index (χ1n) is 11.2. The number of carbonyl (C=O) groups is 1. The number of fused-ring (bicyclic) bond motifs is 5. The van der Waals surface area contributed by atoms with Crippen molar-refractivity contribution < 1.29 is 9.53 Å². The van der Waals surface area contributed by atoms with Gasteiger partial charge in [-0.15, -0.1) is 0 Å². The van der Waals surface area contributed by atoms with Gasteiger partial charge in [-0.2, -0.15) is 0 Å². The van der Waals surface area contributed by atoms with Gasteiger partial charge in [0, 0.05) is 6.92 Å². The van der Waals surface area contributed by atoms with Crippen molar-refractivity contribution >= 4 is 5.97 Å². The molecule has 4 saturated carbocycles. The van der Waals surface area contributed by atoms with E-state index in [9.17, 15) is 4.79 Å². The van der Waals surface area contributed by atoms with E-state index in [1.54, 1.807) is 12.5 Å². The Kier molecular flexibility index (Phi) is 4.77. The van der Waals surface area contributed by atoms with Crippen LogP contribution >= 0.6 is 0 Å². The molecule has 0 amide bonds. The molecule has 0 unspecified atom stereocenters. The summed E-state index contributed by atoms with van der Waals surface area (Å²) >= 11 is 0. The van der Waals surface area contributed by atoms with Crippen LogP contribution in [0.1, 0.15) is 91.9 Å². The molecule has 0 N–H and O–H groups in total. The van der Waals surface area contributed by atoms with Crippen molar-refractivity contribution in [1.29, 1.82) is 0 Å². The quantitative estimate of drug-likeness (QED) is 0.428. The number of carbonyl (C=O) groups excluding carboxylic acids is 1. The summed E-state index contributed by atoms with van der Waals surface area (Å²) in [5.41, 5.74) is 2.77. The van der Waals surface area contributed by atoms with Crippen LogP contribution in [-0.2, 0) is 9.53 Å². The minimum absolute atomic E-state index is 0.0954. The van der Waals surface area contributed by atoms with E-state index in [-0.39, 0.29) is 12.1 Å². The lowest BCUT2D eigenvalue weighted by Gasteiger charge is -2.60. The molecule has 0 aromatic rings. The highest BCUT2D eigenvalue weighted by atomic mass is 16.5. The molecule has 0 heterocycles. The lowest BCUT2D eigenvalue weighted by Crippen LogP contribution is -2.53. The third kappa shape index (κ3) is 2.78. The van der Waals surface area contributed by atoms with Gasteiger partial charge >= 0.3 is 5.97 Å². The molecule has 0 radical (unpaired) electrons. The van der Waals surface area contributed by atoms with Crippen molar-refractivity contribution in [3.63, 3.8) is 0 Å². The van der Waals surface area contributed by atoms with Crippen LogP contribution in [0.4, 0.5) is 0 Å². The van der Waals surface area contributed by atoms with Crippen LogP contribution in [0, 0.1) is 34.5 Å². The van der Waals surface area contributed by atoms with Gasteiger partial charge in [-0.1, -0.05) is 32.4 Å². The van der Waals surface area contributed by atoms with E-state index < -0.39 is 0 Å². The van der Waals surface area contributed by atoms with Crippen molar-refractivity contribution in [2.45, 2.75) is 98.0 Å². The molecule has 146 valence electrons. The molecule has 4 fully saturated rings. The van der Waals surface area contributed by atoms with Gasteiger partial charge in [0.2, 0.25) is 0 Å². The van der Waals surface area contributed by atoms with Crippen LogP contribution in [0.25, 0.3) is 0 Å². The number of allylic oxidation sites excluding steroid dienone is 2. The Morgan fingerprint density at radius 1 is 1.12 bits per heavy atom. The summed E-state index contributed by atoms with van der Waals surface area (Å²) in [5, 5.41) is 0. The Hall–Kier alpha value is -0.790. The van der Waals surface area contributed by atoms with E-state index in [1.807, 2.05) is 0 Å². The van der Waals surface area contributed by atoms with Crippen LogP contribution in [0.15, 0.2) is 11.6 Å². The molecule has 0 aliphatic heterocycles. The SMILES string of the molecule is CC/C=C1\CC[C@H]2[C@@H]3CC[C@@H]4C[C@H](OC(C)=O)CC[C@]4(C)[C@H]3CC[C@]12C. The maximum Gasteiger partial charge on any atom is 0.302 e. The molecule has 4 aliphatic rings. The van der Waals surface area contributed by atoms with E-state index in [0.29, 0.717) is 10.8 Å². The number of esters is 1. The van der Waals surface area contributed by atoms with E-state index in [4.69, 9.17) is 4.74 Å². The molecule has 0 aromatic carbocycles. The first-order chi connectivity index (χ1) is 12.4. The minimum atomic E-state index is -0.0954. The average Bonchev–Trinajstić information content (AvgIpc) is 2.92. The van der Waals surface area contributed by atoms with Gasteiger partial charge in [0.15, 0.2) is 0 Å². The zero-order valence-corrected chi connectivity index (χ0v) is 17.4. The summed E-state index contributed by atoms with van der Waals surface area (Å²) in [5.74, 6) is 3.42. The summed E-state index contributed by atoms with van der Waals surface area (Å²) in [4.78, 5) is 11.4. The summed E-state index contributed by atoms with van der Waals surface area (Å²) in [6.07, 6.45) is 15.8. The predicted octanol–water partition coefficient (Wildman–Crippen LogP) is 6.30. The van der Waals surface area contributed by atoms with Crippen molar-refractivity contribution in [1.82, 2.24) is 0 Å². The Morgan fingerprint density at radius 3 is 2.65 bits per heavy atom. The zero-order chi connectivity index (χ0) is 18.5.